The molecule has 14 heavy (non-hydrogen) atoms. The van der Waals surface area contributed by atoms with Gasteiger partial charge in [0.05, 0.1) is 0 Å². The minimum absolute atomic E-state index is 0.0486. The van der Waals surface area contributed by atoms with Gasteiger partial charge in [0.15, 0.2) is 0 Å². The molecule has 0 aromatic rings. The molecular formula is C11H23NO2. The highest BCUT2D eigenvalue weighted by atomic mass is 16.4. The van der Waals surface area contributed by atoms with Crippen molar-refractivity contribution >= 4 is 5.97 Å². The van der Waals surface area contributed by atoms with Gasteiger partial charge in [0, 0.05) is 0 Å². The predicted molar refractivity (Wildman–Crippen MR) is 58.2 cm³/mol. The second-order valence-electron chi connectivity index (χ2n) is 4.77. The average molecular weight is 201 g/mol. The van der Waals surface area contributed by atoms with Crippen molar-refractivity contribution in [1.29, 1.82) is 0 Å². The van der Waals surface area contributed by atoms with Crippen LogP contribution in [0.25, 0.3) is 0 Å². The van der Waals surface area contributed by atoms with Crippen LogP contribution in [0.5, 0.6) is 0 Å². The van der Waals surface area contributed by atoms with Gasteiger partial charge < -0.3 is 10.8 Å². The van der Waals surface area contributed by atoms with Crippen molar-refractivity contribution in [3.63, 3.8) is 0 Å². The van der Waals surface area contributed by atoms with Crippen molar-refractivity contribution in [3.05, 3.63) is 0 Å². The summed E-state index contributed by atoms with van der Waals surface area (Å²) in [4.78, 5) is 10.6. The maximum atomic E-state index is 10.6. The minimum Gasteiger partial charge on any atom is -0.480 e. The van der Waals surface area contributed by atoms with Crippen LogP contribution < -0.4 is 5.73 Å². The number of hydrogen-bond donors (Lipinski definition) is 2. The Bertz CT molecular complexity index is 178. The Morgan fingerprint density at radius 2 is 2.00 bits per heavy atom. The molecule has 1 unspecified atom stereocenters. The molecule has 0 heterocycles. The zero-order chi connectivity index (χ0) is 11.2. The van der Waals surface area contributed by atoms with Crippen LogP contribution in [0.2, 0.25) is 0 Å². The molecule has 0 aromatic heterocycles. The molecule has 0 spiro atoms. The fourth-order valence-electron chi connectivity index (χ4n) is 1.64. The van der Waals surface area contributed by atoms with Crippen molar-refractivity contribution in [1.82, 2.24) is 0 Å². The Kier molecular flexibility index (Phi) is 5.77. The first kappa shape index (κ1) is 13.4. The first-order valence-corrected chi connectivity index (χ1v) is 5.37. The molecule has 0 aromatic carbocycles. The monoisotopic (exact) mass is 201 g/mol. The van der Waals surface area contributed by atoms with Crippen molar-refractivity contribution in [2.24, 2.45) is 11.1 Å². The van der Waals surface area contributed by atoms with Crippen LogP contribution in [-0.4, -0.2) is 17.1 Å². The van der Waals surface area contributed by atoms with Crippen molar-refractivity contribution in [3.8, 4) is 0 Å². The highest BCUT2D eigenvalue weighted by Crippen LogP contribution is 2.28. The van der Waals surface area contributed by atoms with Gasteiger partial charge in [-0.1, -0.05) is 40.0 Å². The number of carbonyl (C=O) groups is 1. The van der Waals surface area contributed by atoms with E-state index in [0.717, 1.165) is 12.8 Å². The smallest absolute Gasteiger partial charge is 0.320 e. The standard InChI is InChI=1S/C11H23NO2/c1-4-5-6-7-11(2,3)8-9(12)10(13)14/h9H,4-8,12H2,1-3H3,(H,13,14). The Balaban J connectivity index is 3.87. The van der Waals surface area contributed by atoms with E-state index in [1.807, 2.05) is 0 Å². The molecule has 3 nitrogen and oxygen atoms in total. The lowest BCUT2D eigenvalue weighted by Crippen LogP contribution is -2.35. The van der Waals surface area contributed by atoms with E-state index < -0.39 is 12.0 Å². The lowest BCUT2D eigenvalue weighted by Gasteiger charge is -2.26. The van der Waals surface area contributed by atoms with Crippen LogP contribution in [0, 0.1) is 5.41 Å². The van der Waals surface area contributed by atoms with Crippen LogP contribution >= 0.6 is 0 Å². The van der Waals surface area contributed by atoms with Gasteiger partial charge in [-0.2, -0.15) is 0 Å². The van der Waals surface area contributed by atoms with Crippen LogP contribution in [-0.2, 0) is 4.79 Å². The third-order valence-electron chi connectivity index (χ3n) is 2.55. The molecule has 1 atom stereocenters. The lowest BCUT2D eigenvalue weighted by molar-refractivity contribution is -0.139. The van der Waals surface area contributed by atoms with Gasteiger partial charge >= 0.3 is 5.97 Å². The minimum atomic E-state index is -0.895. The van der Waals surface area contributed by atoms with E-state index in [1.165, 1.54) is 12.8 Å². The summed E-state index contributed by atoms with van der Waals surface area (Å²) in [5, 5.41) is 8.69. The normalized spacial score (nSPS) is 14.0. The van der Waals surface area contributed by atoms with Crippen LogP contribution in [0.15, 0.2) is 0 Å². The molecular weight excluding hydrogens is 178 g/mol. The molecule has 0 saturated heterocycles. The lowest BCUT2D eigenvalue weighted by atomic mass is 9.81. The number of carboxylic acid groups (broad SMARTS) is 1. The molecule has 0 aliphatic rings. The van der Waals surface area contributed by atoms with Crippen molar-refractivity contribution < 1.29 is 9.90 Å². The first-order chi connectivity index (χ1) is 6.39. The summed E-state index contributed by atoms with van der Waals surface area (Å²) >= 11 is 0. The fourth-order valence-corrected chi connectivity index (χ4v) is 1.64. The number of carboxylic acids is 1. The van der Waals surface area contributed by atoms with Gasteiger partial charge in [-0.25, -0.2) is 0 Å². The van der Waals surface area contributed by atoms with E-state index >= 15 is 0 Å². The van der Waals surface area contributed by atoms with Crippen molar-refractivity contribution in [2.45, 2.75) is 58.9 Å². The summed E-state index contributed by atoms with van der Waals surface area (Å²) in [6.07, 6.45) is 5.19. The molecule has 0 bridgehead atoms. The van der Waals surface area contributed by atoms with Gasteiger partial charge in [-0.3, -0.25) is 4.79 Å². The number of unbranched alkanes of at least 4 members (excludes halogenated alkanes) is 2. The van der Waals surface area contributed by atoms with E-state index in [2.05, 4.69) is 20.8 Å². The summed E-state index contributed by atoms with van der Waals surface area (Å²) < 4.78 is 0. The molecule has 0 aliphatic heterocycles. The van der Waals surface area contributed by atoms with Crippen LogP contribution in [0.1, 0.15) is 52.9 Å². The van der Waals surface area contributed by atoms with E-state index in [1.54, 1.807) is 0 Å². The van der Waals surface area contributed by atoms with E-state index in [9.17, 15) is 4.79 Å². The second-order valence-corrected chi connectivity index (χ2v) is 4.77. The first-order valence-electron chi connectivity index (χ1n) is 5.37. The van der Waals surface area contributed by atoms with Gasteiger partial charge in [0.1, 0.15) is 6.04 Å². The maximum Gasteiger partial charge on any atom is 0.320 e. The molecule has 3 heteroatoms. The molecule has 0 fully saturated rings. The van der Waals surface area contributed by atoms with E-state index in [0.29, 0.717) is 6.42 Å². The largest absolute Gasteiger partial charge is 0.480 e. The molecule has 84 valence electrons. The Morgan fingerprint density at radius 3 is 2.43 bits per heavy atom. The fraction of sp³-hybridized carbons (Fsp3) is 0.909. The zero-order valence-electron chi connectivity index (χ0n) is 9.55. The number of nitrogens with two attached hydrogens (primary N) is 1. The number of aliphatic carboxylic acids is 1. The Morgan fingerprint density at radius 1 is 1.43 bits per heavy atom. The third kappa shape index (κ3) is 5.97. The zero-order valence-corrected chi connectivity index (χ0v) is 9.55. The summed E-state index contributed by atoms with van der Waals surface area (Å²) in [5.74, 6) is -0.895. The average Bonchev–Trinajstić information content (AvgIpc) is 2.03. The maximum absolute atomic E-state index is 10.6. The number of rotatable bonds is 7. The molecule has 3 N–H and O–H groups in total. The SMILES string of the molecule is CCCCCC(C)(C)CC(N)C(=O)O. The van der Waals surface area contributed by atoms with E-state index in [-0.39, 0.29) is 5.41 Å². The summed E-state index contributed by atoms with van der Waals surface area (Å²) in [6, 6.07) is -0.716. The Labute approximate surface area is 86.7 Å². The van der Waals surface area contributed by atoms with Crippen LogP contribution in [0.3, 0.4) is 0 Å². The summed E-state index contributed by atoms with van der Waals surface area (Å²) in [5.41, 5.74) is 5.56. The summed E-state index contributed by atoms with van der Waals surface area (Å²) in [6.45, 7) is 6.34. The molecule has 0 saturated carbocycles. The van der Waals surface area contributed by atoms with E-state index in [4.69, 9.17) is 10.8 Å². The molecule has 0 radical (unpaired) electrons. The highest BCUT2D eigenvalue weighted by Gasteiger charge is 2.24. The topological polar surface area (TPSA) is 63.3 Å². The van der Waals surface area contributed by atoms with Gasteiger partial charge in [0.2, 0.25) is 0 Å². The number of hydrogen-bond acceptors (Lipinski definition) is 2. The molecule has 0 aliphatic carbocycles. The quantitative estimate of drug-likeness (QED) is 0.622. The highest BCUT2D eigenvalue weighted by molar-refractivity contribution is 5.73. The molecule has 0 amide bonds. The van der Waals surface area contributed by atoms with Gasteiger partial charge in [-0.05, 0) is 18.3 Å². The molecule has 0 rings (SSSR count). The Hall–Kier alpha value is -0.570. The second kappa shape index (κ2) is 6.02. The predicted octanol–water partition coefficient (Wildman–Crippen LogP) is 2.39. The van der Waals surface area contributed by atoms with Gasteiger partial charge in [0.25, 0.3) is 0 Å². The van der Waals surface area contributed by atoms with Crippen molar-refractivity contribution in [2.75, 3.05) is 0 Å². The third-order valence-corrected chi connectivity index (χ3v) is 2.55. The van der Waals surface area contributed by atoms with Gasteiger partial charge in [-0.15, -0.1) is 0 Å². The van der Waals surface area contributed by atoms with Crippen LogP contribution in [0.4, 0.5) is 0 Å². The summed E-state index contributed by atoms with van der Waals surface area (Å²) in [7, 11) is 0.